The molecule has 1 aliphatic rings. The maximum atomic E-state index is 13.0. The first-order chi connectivity index (χ1) is 13.2. The number of carboxylic acids is 1. The molecule has 3 N–H and O–H groups in total. The number of rotatable bonds is 7. The molecule has 7 heteroatoms. The molecule has 0 aromatic heterocycles. The number of aliphatic carboxylic acids is 1. The number of anilines is 1. The van der Waals surface area contributed by atoms with E-state index < -0.39 is 17.5 Å². The standard InChI is InChI=1S/C21H31N3O4/c1-21(2,14-13-18(25)26)23-20(28)22-17-12-8-7-11-16(17)19(27)24(3)15-9-5-4-6-10-15/h7-8,11-12,15H,4-6,9-10,13-14H2,1-3H3,(H,25,26)(H2,22,23,28). The van der Waals surface area contributed by atoms with Crippen LogP contribution in [0.4, 0.5) is 10.5 Å². The summed E-state index contributed by atoms with van der Waals surface area (Å²) >= 11 is 0. The van der Waals surface area contributed by atoms with E-state index in [9.17, 15) is 14.4 Å². The van der Waals surface area contributed by atoms with Gasteiger partial charge in [0.25, 0.3) is 5.91 Å². The van der Waals surface area contributed by atoms with Crippen molar-refractivity contribution in [3.63, 3.8) is 0 Å². The molecule has 0 spiro atoms. The number of urea groups is 1. The number of amides is 3. The maximum absolute atomic E-state index is 13.0. The van der Waals surface area contributed by atoms with Crippen LogP contribution in [0.3, 0.4) is 0 Å². The molecular weight excluding hydrogens is 358 g/mol. The maximum Gasteiger partial charge on any atom is 0.319 e. The average Bonchev–Trinajstić information content (AvgIpc) is 2.66. The molecule has 7 nitrogen and oxygen atoms in total. The van der Waals surface area contributed by atoms with Crippen molar-refractivity contribution in [3.05, 3.63) is 29.8 Å². The SMILES string of the molecule is CN(C(=O)c1ccccc1NC(=O)NC(C)(C)CCC(=O)O)C1CCCCC1. The van der Waals surface area contributed by atoms with Gasteiger partial charge in [0.15, 0.2) is 0 Å². The fourth-order valence-electron chi connectivity index (χ4n) is 3.55. The van der Waals surface area contributed by atoms with Crippen LogP contribution in [-0.4, -0.2) is 46.5 Å². The highest BCUT2D eigenvalue weighted by molar-refractivity contribution is 6.03. The van der Waals surface area contributed by atoms with Gasteiger partial charge in [0.05, 0.1) is 11.3 Å². The molecule has 2 rings (SSSR count). The monoisotopic (exact) mass is 389 g/mol. The molecule has 0 bridgehead atoms. The van der Waals surface area contributed by atoms with Crippen LogP contribution in [0, 0.1) is 0 Å². The summed E-state index contributed by atoms with van der Waals surface area (Å²) in [7, 11) is 1.82. The van der Waals surface area contributed by atoms with E-state index >= 15 is 0 Å². The Bertz CT molecular complexity index is 711. The van der Waals surface area contributed by atoms with Gasteiger partial charge in [-0.25, -0.2) is 4.79 Å². The van der Waals surface area contributed by atoms with Crippen LogP contribution in [0.15, 0.2) is 24.3 Å². The highest BCUT2D eigenvalue weighted by atomic mass is 16.4. The summed E-state index contributed by atoms with van der Waals surface area (Å²) in [6, 6.07) is 6.73. The van der Waals surface area contributed by atoms with E-state index in [1.165, 1.54) is 6.42 Å². The summed E-state index contributed by atoms with van der Waals surface area (Å²) in [6.07, 6.45) is 5.78. The number of carboxylic acid groups (broad SMARTS) is 1. The normalized spacial score (nSPS) is 15.0. The molecule has 0 saturated heterocycles. The molecule has 1 aliphatic carbocycles. The van der Waals surface area contributed by atoms with Crippen molar-refractivity contribution in [3.8, 4) is 0 Å². The number of carbonyl (C=O) groups excluding carboxylic acids is 2. The van der Waals surface area contributed by atoms with Gasteiger partial charge in [-0.1, -0.05) is 31.4 Å². The van der Waals surface area contributed by atoms with Crippen molar-refractivity contribution in [2.45, 2.75) is 70.4 Å². The lowest BCUT2D eigenvalue weighted by molar-refractivity contribution is -0.137. The van der Waals surface area contributed by atoms with Gasteiger partial charge in [-0.2, -0.15) is 0 Å². The van der Waals surface area contributed by atoms with E-state index in [4.69, 9.17) is 5.11 Å². The largest absolute Gasteiger partial charge is 0.481 e. The van der Waals surface area contributed by atoms with Gasteiger partial charge in [-0.3, -0.25) is 9.59 Å². The lowest BCUT2D eigenvalue weighted by atomic mass is 9.94. The van der Waals surface area contributed by atoms with Crippen molar-refractivity contribution in [2.75, 3.05) is 12.4 Å². The Labute approximate surface area is 166 Å². The zero-order valence-electron chi connectivity index (χ0n) is 17.0. The van der Waals surface area contributed by atoms with Crippen molar-refractivity contribution < 1.29 is 19.5 Å². The zero-order valence-corrected chi connectivity index (χ0v) is 17.0. The molecular formula is C21H31N3O4. The molecule has 1 fully saturated rings. The number of nitrogens with zero attached hydrogens (tertiary/aromatic N) is 1. The minimum absolute atomic E-state index is 0.0332. The first kappa shape index (κ1) is 21.7. The quantitative estimate of drug-likeness (QED) is 0.659. The van der Waals surface area contributed by atoms with E-state index in [0.717, 1.165) is 25.7 Å². The van der Waals surface area contributed by atoms with Gasteiger partial charge in [-0.05, 0) is 45.2 Å². The lowest BCUT2D eigenvalue weighted by Crippen LogP contribution is -2.46. The van der Waals surface area contributed by atoms with Crippen LogP contribution in [-0.2, 0) is 4.79 Å². The van der Waals surface area contributed by atoms with E-state index in [-0.39, 0.29) is 18.4 Å². The van der Waals surface area contributed by atoms with Crippen LogP contribution < -0.4 is 10.6 Å². The minimum atomic E-state index is -0.906. The van der Waals surface area contributed by atoms with Gasteiger partial charge in [0, 0.05) is 25.0 Å². The van der Waals surface area contributed by atoms with E-state index in [0.29, 0.717) is 17.7 Å². The van der Waals surface area contributed by atoms with Crippen LogP contribution in [0.2, 0.25) is 0 Å². The van der Waals surface area contributed by atoms with Crippen LogP contribution >= 0.6 is 0 Å². The topological polar surface area (TPSA) is 98.7 Å². The Kier molecular flexibility index (Phi) is 7.43. The van der Waals surface area contributed by atoms with Crippen LogP contribution in [0.25, 0.3) is 0 Å². The molecule has 0 unspecified atom stereocenters. The summed E-state index contributed by atoms with van der Waals surface area (Å²) < 4.78 is 0. The Balaban J connectivity index is 2.05. The average molecular weight is 389 g/mol. The second-order valence-electron chi connectivity index (χ2n) is 8.11. The first-order valence-electron chi connectivity index (χ1n) is 9.87. The van der Waals surface area contributed by atoms with Crippen molar-refractivity contribution in [2.24, 2.45) is 0 Å². The third-order valence-corrected chi connectivity index (χ3v) is 5.26. The molecule has 154 valence electrons. The molecule has 0 aliphatic heterocycles. The van der Waals surface area contributed by atoms with E-state index in [1.807, 2.05) is 7.05 Å². The highest BCUT2D eigenvalue weighted by Gasteiger charge is 2.26. The molecule has 1 aromatic rings. The zero-order chi connectivity index (χ0) is 20.7. The van der Waals surface area contributed by atoms with Gasteiger partial charge < -0.3 is 20.6 Å². The molecule has 3 amide bonds. The molecule has 0 radical (unpaired) electrons. The fraction of sp³-hybridized carbons (Fsp3) is 0.571. The second kappa shape index (κ2) is 9.57. The molecule has 0 heterocycles. The second-order valence-corrected chi connectivity index (χ2v) is 8.11. The van der Waals surface area contributed by atoms with Gasteiger partial charge in [0.2, 0.25) is 0 Å². The number of hydrogen-bond acceptors (Lipinski definition) is 3. The Morgan fingerprint density at radius 2 is 1.79 bits per heavy atom. The number of carbonyl (C=O) groups is 3. The summed E-state index contributed by atoms with van der Waals surface area (Å²) in [6.45, 7) is 3.53. The molecule has 1 aromatic carbocycles. The van der Waals surface area contributed by atoms with Gasteiger partial charge in [0.1, 0.15) is 0 Å². The molecule has 28 heavy (non-hydrogen) atoms. The van der Waals surface area contributed by atoms with Crippen molar-refractivity contribution in [1.82, 2.24) is 10.2 Å². The minimum Gasteiger partial charge on any atom is -0.481 e. The number of hydrogen-bond donors (Lipinski definition) is 3. The highest BCUT2D eigenvalue weighted by Crippen LogP contribution is 2.25. The van der Waals surface area contributed by atoms with Crippen LogP contribution in [0.1, 0.15) is 69.2 Å². The van der Waals surface area contributed by atoms with Crippen molar-refractivity contribution >= 4 is 23.6 Å². The van der Waals surface area contributed by atoms with Gasteiger partial charge >= 0.3 is 12.0 Å². The fourth-order valence-corrected chi connectivity index (χ4v) is 3.55. The molecule has 1 saturated carbocycles. The lowest BCUT2D eigenvalue weighted by Gasteiger charge is -2.32. The molecule has 0 atom stereocenters. The number of nitrogens with one attached hydrogen (secondary N) is 2. The summed E-state index contributed by atoms with van der Waals surface area (Å²) in [5.41, 5.74) is 0.219. The summed E-state index contributed by atoms with van der Waals surface area (Å²) in [5, 5.41) is 14.4. The Morgan fingerprint density at radius 3 is 2.43 bits per heavy atom. The van der Waals surface area contributed by atoms with Crippen LogP contribution in [0.5, 0.6) is 0 Å². The van der Waals surface area contributed by atoms with Gasteiger partial charge in [-0.15, -0.1) is 0 Å². The summed E-state index contributed by atoms with van der Waals surface area (Å²) in [4.78, 5) is 38.0. The smallest absolute Gasteiger partial charge is 0.319 e. The Morgan fingerprint density at radius 1 is 1.14 bits per heavy atom. The number of para-hydroxylation sites is 1. The number of benzene rings is 1. The first-order valence-corrected chi connectivity index (χ1v) is 9.87. The predicted octanol–water partition coefficient (Wildman–Crippen LogP) is 3.86. The Hall–Kier alpha value is -2.57. The summed E-state index contributed by atoms with van der Waals surface area (Å²) in [5.74, 6) is -1.01. The van der Waals surface area contributed by atoms with E-state index in [2.05, 4.69) is 10.6 Å². The predicted molar refractivity (Wildman–Crippen MR) is 109 cm³/mol. The third kappa shape index (κ3) is 6.25. The van der Waals surface area contributed by atoms with E-state index in [1.54, 1.807) is 43.0 Å². The third-order valence-electron chi connectivity index (χ3n) is 5.26. The van der Waals surface area contributed by atoms with Crippen molar-refractivity contribution in [1.29, 1.82) is 0 Å².